The Hall–Kier alpha value is 2.32. The van der Waals surface area contributed by atoms with E-state index in [0.717, 1.165) is 0 Å². The molecule has 13 heavy (non-hydrogen) atoms. The zero-order valence-electron chi connectivity index (χ0n) is 7.53. The fraction of sp³-hybridized carbons (Fsp3) is 1.00. The highest BCUT2D eigenvalue weighted by atomic mass is 32.9. The van der Waals surface area contributed by atoms with Gasteiger partial charge in [0.2, 0.25) is 5.69 Å². The lowest BCUT2D eigenvalue weighted by molar-refractivity contribution is 0.281. The predicted molar refractivity (Wildman–Crippen MR) is 88.0 cm³/mol. The van der Waals surface area contributed by atoms with Crippen molar-refractivity contribution < 1.29 is 9.05 Å². The molecule has 0 unspecified atom stereocenters. The van der Waals surface area contributed by atoms with Crippen LogP contribution >= 0.6 is 71.9 Å². The van der Waals surface area contributed by atoms with E-state index in [2.05, 4.69) is 12.2 Å². The minimum Gasteiger partial charge on any atom is -0.322 e. The van der Waals surface area contributed by atoms with E-state index in [1.54, 1.807) is 0 Å². The Balaban J connectivity index is -0.0000000533. The van der Waals surface area contributed by atoms with Gasteiger partial charge in [0.15, 0.2) is 0 Å². The van der Waals surface area contributed by atoms with Gasteiger partial charge in [-0.3, -0.25) is 0 Å². The van der Waals surface area contributed by atoms with Gasteiger partial charge < -0.3 is 9.05 Å². The van der Waals surface area contributed by atoms with E-state index >= 15 is 0 Å². The Labute approximate surface area is 119 Å². The number of hydrogen-bond acceptors (Lipinski definition) is 3. The molecule has 0 aromatic rings. The van der Waals surface area contributed by atoms with Crippen LogP contribution in [0, 0.1) is 0 Å². The van der Waals surface area contributed by atoms with Crippen LogP contribution < -0.4 is 0 Å². The highest BCUT2D eigenvalue weighted by molar-refractivity contribution is 8.60. The summed E-state index contributed by atoms with van der Waals surface area (Å²) < 4.78 is 10.1. The van der Waals surface area contributed by atoms with E-state index in [-0.39, 0.29) is 54.0 Å². The van der Waals surface area contributed by atoms with Crippen LogP contribution in [0.1, 0.15) is 13.8 Å². The van der Waals surface area contributed by atoms with Crippen molar-refractivity contribution in [3.8, 4) is 0 Å². The normalized spacial score (nSPS) is 8.23. The minimum absolute atomic E-state index is 0. The molecule has 0 atom stereocenters. The van der Waals surface area contributed by atoms with Gasteiger partial charge in [-0.2, -0.15) is 54.0 Å². The van der Waals surface area contributed by atoms with E-state index < -0.39 is 5.69 Å². The highest BCUT2D eigenvalue weighted by Gasteiger charge is 2.08. The second kappa shape index (κ2) is 16.7. The molecule has 0 amide bonds. The van der Waals surface area contributed by atoms with Crippen molar-refractivity contribution in [2.75, 3.05) is 13.2 Å². The van der Waals surface area contributed by atoms with Gasteiger partial charge in [-0.05, 0) is 25.7 Å². The fourth-order valence-electron chi connectivity index (χ4n) is 0.364. The fourth-order valence-corrected chi connectivity index (χ4v) is 2.42. The summed E-state index contributed by atoms with van der Waals surface area (Å²) in [4.78, 5) is 0. The van der Waals surface area contributed by atoms with Crippen molar-refractivity contribution in [2.24, 2.45) is 0 Å². The first-order valence-electron chi connectivity index (χ1n) is 2.74. The molecular formula is C4H19O2PS6. The van der Waals surface area contributed by atoms with Crippen molar-refractivity contribution in [2.45, 2.75) is 13.8 Å². The van der Waals surface area contributed by atoms with Crippen LogP contribution in [0.15, 0.2) is 0 Å². The maximum Gasteiger partial charge on any atom is 0.244 e. The van der Waals surface area contributed by atoms with Gasteiger partial charge in [0.25, 0.3) is 0 Å². The van der Waals surface area contributed by atoms with Gasteiger partial charge in [-0.15, -0.1) is 0 Å². The van der Waals surface area contributed by atoms with Crippen molar-refractivity contribution in [1.29, 1.82) is 0 Å². The van der Waals surface area contributed by atoms with Gasteiger partial charge in [0.05, 0.1) is 13.2 Å². The third kappa shape index (κ3) is 20.4. The van der Waals surface area contributed by atoms with E-state index in [0.29, 0.717) is 13.2 Å². The van der Waals surface area contributed by atoms with Gasteiger partial charge in [-0.1, -0.05) is 12.2 Å². The lowest BCUT2D eigenvalue weighted by Gasteiger charge is -2.13. The molecule has 0 saturated heterocycles. The third-order valence-electron chi connectivity index (χ3n) is 0.584. The second-order valence-corrected chi connectivity index (χ2v) is 6.59. The summed E-state index contributed by atoms with van der Waals surface area (Å²) in [6, 6.07) is 0. The van der Waals surface area contributed by atoms with Crippen molar-refractivity contribution >= 4 is 83.7 Å². The molecular weight excluding hydrogens is 303 g/mol. The highest BCUT2D eigenvalue weighted by Crippen LogP contribution is 2.52. The van der Waals surface area contributed by atoms with Crippen molar-refractivity contribution in [1.82, 2.24) is 0 Å². The molecule has 0 bridgehead atoms. The lowest BCUT2D eigenvalue weighted by atomic mass is 10.9. The van der Waals surface area contributed by atoms with Gasteiger partial charge in [0.1, 0.15) is 0 Å². The molecule has 0 N–H and O–H groups in total. The topological polar surface area (TPSA) is 18.5 Å². The molecule has 88 valence electrons. The van der Waals surface area contributed by atoms with E-state index in [1.807, 2.05) is 13.8 Å². The van der Waals surface area contributed by atoms with Crippen LogP contribution in [0.25, 0.3) is 0 Å². The monoisotopic (exact) mass is 322 g/mol. The largest absolute Gasteiger partial charge is 0.322 e. The molecule has 0 rings (SSSR count). The Bertz CT molecular complexity index is 113. The molecule has 0 spiro atoms. The van der Waals surface area contributed by atoms with Gasteiger partial charge >= 0.3 is 0 Å². The molecule has 0 aliphatic rings. The van der Waals surface area contributed by atoms with Crippen LogP contribution in [0.2, 0.25) is 0 Å². The molecule has 9 heteroatoms. The molecule has 0 heterocycles. The second-order valence-electron chi connectivity index (χ2n) is 1.30. The Morgan fingerprint density at radius 2 is 1.23 bits per heavy atom. The van der Waals surface area contributed by atoms with E-state index in [1.165, 1.54) is 0 Å². The molecule has 0 aromatic carbocycles. The molecule has 0 fully saturated rings. The molecule has 0 aliphatic heterocycles. The summed E-state index contributed by atoms with van der Waals surface area (Å²) in [5.74, 6) is 0. The van der Waals surface area contributed by atoms with Crippen molar-refractivity contribution in [3.63, 3.8) is 0 Å². The molecule has 0 saturated carbocycles. The smallest absolute Gasteiger partial charge is 0.244 e. The van der Waals surface area contributed by atoms with Crippen LogP contribution in [0.4, 0.5) is 0 Å². The Morgan fingerprint density at radius 3 is 1.38 bits per heavy atom. The summed E-state index contributed by atoms with van der Waals surface area (Å²) in [5.41, 5.74) is -2.16. The summed E-state index contributed by atoms with van der Waals surface area (Å²) in [7, 11) is 0. The van der Waals surface area contributed by atoms with Crippen LogP contribution in [-0.2, 0) is 20.9 Å². The Morgan fingerprint density at radius 1 is 1.00 bits per heavy atom. The SMILES string of the molecule is CCOP(=S)(S)OCC.S.S.S.S. The van der Waals surface area contributed by atoms with Crippen LogP contribution in [-0.4, -0.2) is 13.2 Å². The van der Waals surface area contributed by atoms with E-state index in [4.69, 9.17) is 20.9 Å². The summed E-state index contributed by atoms with van der Waals surface area (Å²) in [5, 5.41) is 0. The summed E-state index contributed by atoms with van der Waals surface area (Å²) in [6.45, 7) is 4.88. The van der Waals surface area contributed by atoms with Crippen LogP contribution in [0.3, 0.4) is 0 Å². The molecule has 0 aliphatic carbocycles. The average molecular weight is 323 g/mol. The van der Waals surface area contributed by atoms with Crippen LogP contribution in [0.5, 0.6) is 0 Å². The average Bonchev–Trinajstić information content (AvgIpc) is 1.64. The standard InChI is InChI=1S/C4H11O2PS2.4H2S/c1-3-5-7(8,9)6-4-2;;;;/h3-4H2,1-2H3,(H,8,9);4*1H2. The minimum atomic E-state index is -2.16. The molecule has 0 aromatic heterocycles. The van der Waals surface area contributed by atoms with Gasteiger partial charge in [0, 0.05) is 0 Å². The first kappa shape index (κ1) is 29.5. The molecule has 0 radical (unpaired) electrons. The first-order chi connectivity index (χ1) is 4.12. The first-order valence-corrected chi connectivity index (χ1v) is 6.53. The maximum absolute atomic E-state index is 5.04. The zero-order valence-corrected chi connectivity index (χ0v) is 14.1. The molecule has 2 nitrogen and oxygen atoms in total. The zero-order chi connectivity index (χ0) is 7.33. The van der Waals surface area contributed by atoms with Crippen molar-refractivity contribution in [3.05, 3.63) is 0 Å². The van der Waals surface area contributed by atoms with E-state index in [9.17, 15) is 0 Å². The Kier molecular flexibility index (Phi) is 38.0. The lowest BCUT2D eigenvalue weighted by Crippen LogP contribution is -1.88. The third-order valence-corrected chi connectivity index (χ3v) is 3.08. The predicted octanol–water partition coefficient (Wildman–Crippen LogP) is 2.66. The summed E-state index contributed by atoms with van der Waals surface area (Å²) in [6.07, 6.45) is 0. The number of hydrogen-bond donors (Lipinski definition) is 1. The summed E-state index contributed by atoms with van der Waals surface area (Å²) >= 11 is 8.90. The maximum atomic E-state index is 5.04. The number of rotatable bonds is 4. The number of thiol groups is 1. The van der Waals surface area contributed by atoms with Gasteiger partial charge in [-0.25, -0.2) is 0 Å². The quantitative estimate of drug-likeness (QED) is 0.634.